The molecule has 1 unspecified atom stereocenters. The van der Waals surface area contributed by atoms with Crippen LogP contribution in [0.1, 0.15) is 40.9 Å². The third kappa shape index (κ3) is 7.81. The van der Waals surface area contributed by atoms with Gasteiger partial charge in [0.15, 0.2) is 0 Å². The Morgan fingerprint density at radius 3 is 2.19 bits per heavy atom. The van der Waals surface area contributed by atoms with Crippen molar-refractivity contribution in [3.8, 4) is 16.8 Å². The lowest BCUT2D eigenvalue weighted by molar-refractivity contribution is -0.144. The highest BCUT2D eigenvalue weighted by Crippen LogP contribution is 2.41. The molecule has 0 bridgehead atoms. The quantitative estimate of drug-likeness (QED) is 0.186. The van der Waals surface area contributed by atoms with Gasteiger partial charge in [0.25, 0.3) is 11.7 Å². The number of amides is 1. The van der Waals surface area contributed by atoms with Crippen molar-refractivity contribution in [3.63, 3.8) is 0 Å². The number of aliphatic hydroxyl groups excluding tert-OH is 1. The molecule has 2 aliphatic rings. The SMILES string of the molecule is Cc1cc(F)c(-n2nc(C(F)(F)F)nc2N)cc1S(=O)CC(F)(F)F.Cc1ccc(-c2ccc(F)cc2)c(C)c1C1=C(O)C2(CCOCC2)NC1=O. The van der Waals surface area contributed by atoms with E-state index in [4.69, 9.17) is 10.5 Å². The summed E-state index contributed by atoms with van der Waals surface area (Å²) in [6.07, 6.45) is -8.59. The Kier molecular flexibility index (Phi) is 10.6. The van der Waals surface area contributed by atoms with E-state index in [0.717, 1.165) is 33.9 Å². The maximum atomic E-state index is 14.1. The molecule has 1 spiro atoms. The second-order valence-corrected chi connectivity index (χ2v) is 13.6. The van der Waals surface area contributed by atoms with Gasteiger partial charge in [-0.2, -0.15) is 36.0 Å². The topological polar surface area (TPSA) is 132 Å². The number of hydrogen-bond acceptors (Lipinski definition) is 7. The highest BCUT2D eigenvalue weighted by molar-refractivity contribution is 7.85. The molecular weight excluding hydrogens is 726 g/mol. The number of ether oxygens (including phenoxy) is 1. The average molecular weight is 758 g/mol. The molecule has 278 valence electrons. The van der Waals surface area contributed by atoms with Crippen LogP contribution in [0.2, 0.25) is 0 Å². The van der Waals surface area contributed by atoms with Crippen LogP contribution in [0, 0.1) is 32.4 Å². The van der Waals surface area contributed by atoms with Gasteiger partial charge in [-0.1, -0.05) is 24.3 Å². The maximum Gasteiger partial charge on any atom is 0.453 e. The largest absolute Gasteiger partial charge is 0.509 e. The Morgan fingerprint density at radius 2 is 1.62 bits per heavy atom. The number of nitrogens with one attached hydrogen (secondary N) is 1. The highest BCUT2D eigenvalue weighted by atomic mass is 32.2. The Hall–Kier alpha value is -4.84. The normalized spacial score (nSPS) is 16.5. The van der Waals surface area contributed by atoms with Crippen LogP contribution in [0.25, 0.3) is 22.4 Å². The number of benzene rings is 3. The lowest BCUT2D eigenvalue weighted by Gasteiger charge is -2.33. The van der Waals surface area contributed by atoms with Gasteiger partial charge in [-0.05, 0) is 78.4 Å². The van der Waals surface area contributed by atoms with E-state index in [1.165, 1.54) is 19.1 Å². The van der Waals surface area contributed by atoms with E-state index < -0.39 is 62.6 Å². The van der Waals surface area contributed by atoms with E-state index in [9.17, 15) is 49.2 Å². The minimum Gasteiger partial charge on any atom is -0.509 e. The fraction of sp³-hybridized carbons (Fsp3) is 0.324. The van der Waals surface area contributed by atoms with E-state index in [0.29, 0.717) is 37.7 Å². The van der Waals surface area contributed by atoms with Gasteiger partial charge in [-0.25, -0.2) is 8.78 Å². The molecule has 52 heavy (non-hydrogen) atoms. The number of halogens is 8. The number of hydrogen-bond donors (Lipinski definition) is 3. The van der Waals surface area contributed by atoms with Crippen molar-refractivity contribution < 1.29 is 54.0 Å². The van der Waals surface area contributed by atoms with Gasteiger partial charge in [0.2, 0.25) is 5.95 Å². The molecule has 18 heteroatoms. The van der Waals surface area contributed by atoms with Gasteiger partial charge in [-0.3, -0.25) is 9.00 Å². The maximum absolute atomic E-state index is 14.1. The predicted molar refractivity (Wildman–Crippen MR) is 175 cm³/mol. The van der Waals surface area contributed by atoms with Crippen molar-refractivity contribution >= 4 is 28.2 Å². The highest BCUT2D eigenvalue weighted by Gasteiger charge is 2.47. The van der Waals surface area contributed by atoms with Gasteiger partial charge >= 0.3 is 12.4 Å². The first-order valence-electron chi connectivity index (χ1n) is 15.5. The molecule has 3 heterocycles. The van der Waals surface area contributed by atoms with Crippen LogP contribution in [-0.2, 0) is 26.5 Å². The number of alkyl halides is 6. The average Bonchev–Trinajstić information content (AvgIpc) is 3.54. The lowest BCUT2D eigenvalue weighted by Crippen LogP contribution is -2.48. The molecule has 0 radical (unpaired) electrons. The summed E-state index contributed by atoms with van der Waals surface area (Å²) in [5.41, 5.74) is 8.46. The summed E-state index contributed by atoms with van der Waals surface area (Å²) in [4.78, 5) is 15.4. The molecule has 4 aromatic rings. The van der Waals surface area contributed by atoms with Crippen molar-refractivity contribution in [2.45, 2.75) is 56.4 Å². The van der Waals surface area contributed by atoms with Crippen molar-refractivity contribution in [2.75, 3.05) is 24.7 Å². The number of nitrogen functional groups attached to an aromatic ring is 1. The molecule has 3 aromatic carbocycles. The lowest BCUT2D eigenvalue weighted by atomic mass is 9.85. The van der Waals surface area contributed by atoms with Gasteiger partial charge in [0.05, 0.1) is 16.4 Å². The van der Waals surface area contributed by atoms with Crippen molar-refractivity contribution in [1.82, 2.24) is 20.1 Å². The zero-order valence-corrected chi connectivity index (χ0v) is 28.5. The summed E-state index contributed by atoms with van der Waals surface area (Å²) in [6.45, 7) is 6.08. The number of carbonyl (C=O) groups is 1. The third-order valence-electron chi connectivity index (χ3n) is 8.59. The first-order chi connectivity index (χ1) is 24.2. The van der Waals surface area contributed by atoms with Crippen LogP contribution in [0.4, 0.5) is 41.1 Å². The van der Waals surface area contributed by atoms with E-state index in [1.807, 2.05) is 26.0 Å². The molecule has 1 fully saturated rings. The van der Waals surface area contributed by atoms with Gasteiger partial charge in [0, 0.05) is 31.0 Å². The van der Waals surface area contributed by atoms with Crippen LogP contribution in [0.3, 0.4) is 0 Å². The number of aryl methyl sites for hydroxylation is 2. The molecule has 1 aromatic heterocycles. The molecule has 6 rings (SSSR count). The smallest absolute Gasteiger partial charge is 0.453 e. The summed E-state index contributed by atoms with van der Waals surface area (Å²) < 4.78 is 120. The zero-order chi connectivity index (χ0) is 38.3. The second kappa shape index (κ2) is 14.3. The summed E-state index contributed by atoms with van der Waals surface area (Å²) in [5.74, 6) is -5.73. The molecular formula is C34H31F8N5O4S. The van der Waals surface area contributed by atoms with Crippen molar-refractivity contribution in [2.24, 2.45) is 0 Å². The molecule has 1 amide bonds. The van der Waals surface area contributed by atoms with E-state index >= 15 is 0 Å². The molecule has 1 saturated heterocycles. The fourth-order valence-corrected chi connectivity index (χ4v) is 7.18. The van der Waals surface area contributed by atoms with Crippen LogP contribution < -0.4 is 11.1 Å². The first kappa shape index (κ1) is 38.4. The summed E-state index contributed by atoms with van der Waals surface area (Å²) in [6, 6.07) is 11.6. The van der Waals surface area contributed by atoms with Crippen molar-refractivity contribution in [3.05, 3.63) is 94.0 Å². The molecule has 4 N–H and O–H groups in total. The second-order valence-electron chi connectivity index (χ2n) is 12.2. The minimum absolute atomic E-state index is 0.0708. The van der Waals surface area contributed by atoms with Crippen LogP contribution >= 0.6 is 0 Å². The number of nitrogens with zero attached hydrogens (tertiary/aromatic N) is 3. The van der Waals surface area contributed by atoms with Gasteiger partial charge in [0.1, 0.15) is 34.4 Å². The Bertz CT molecular complexity index is 2070. The first-order valence-corrected chi connectivity index (χ1v) is 16.8. The van der Waals surface area contributed by atoms with E-state index in [1.54, 1.807) is 12.1 Å². The fourth-order valence-electron chi connectivity index (χ4n) is 6.07. The van der Waals surface area contributed by atoms with Crippen LogP contribution in [-0.4, -0.2) is 60.7 Å². The monoisotopic (exact) mass is 757 g/mol. The van der Waals surface area contributed by atoms with Crippen LogP contribution in [0.5, 0.6) is 0 Å². The number of carbonyl (C=O) groups excluding carboxylic acids is 1. The van der Waals surface area contributed by atoms with E-state index in [-0.39, 0.29) is 27.7 Å². The predicted octanol–water partition coefficient (Wildman–Crippen LogP) is 7.04. The summed E-state index contributed by atoms with van der Waals surface area (Å²) in [7, 11) is -2.59. The number of nitrogens with two attached hydrogens (primary N) is 1. The van der Waals surface area contributed by atoms with Crippen molar-refractivity contribution in [1.29, 1.82) is 0 Å². The standard InChI is InChI=1S/C22H22FNO3.C12H9F7N4OS/c1-13-3-8-17(15-4-6-16(23)7-5-15)14(2)18(13)19-20(25)22(24-21(19)26)9-11-27-12-10-22;1-5-2-6(13)7(3-8(5)25(24)4-11(14,15)16)23-10(20)21-9(22-23)12(17,18)19/h3-8,25H,9-12H2,1-2H3,(H,24,26);2-3H,4H2,1H3,(H2,20,21,22). The summed E-state index contributed by atoms with van der Waals surface area (Å²) in [5, 5.41) is 17.0. The van der Waals surface area contributed by atoms with E-state index in [2.05, 4.69) is 15.4 Å². The Balaban J connectivity index is 0.000000202. The van der Waals surface area contributed by atoms with Crippen LogP contribution in [0.15, 0.2) is 59.2 Å². The summed E-state index contributed by atoms with van der Waals surface area (Å²) >= 11 is 0. The van der Waals surface area contributed by atoms with Gasteiger partial charge in [-0.15, -0.1) is 5.10 Å². The Morgan fingerprint density at radius 1 is 0.981 bits per heavy atom. The minimum atomic E-state index is -4.96. The number of anilines is 1. The Labute approximate surface area is 294 Å². The van der Waals surface area contributed by atoms with Gasteiger partial charge < -0.3 is 20.9 Å². The number of rotatable bonds is 5. The molecule has 0 aliphatic carbocycles. The number of aliphatic hydroxyl groups is 1. The molecule has 2 aliphatic heterocycles. The molecule has 1 atom stereocenters. The zero-order valence-electron chi connectivity index (χ0n) is 27.7. The molecule has 0 saturated carbocycles. The number of aromatic nitrogens is 3. The molecule has 9 nitrogen and oxygen atoms in total. The third-order valence-corrected chi connectivity index (χ3v) is 10.1.